The summed E-state index contributed by atoms with van der Waals surface area (Å²) in [5.74, 6) is 0.825. The molecule has 0 unspecified atom stereocenters. The minimum absolute atomic E-state index is 0.0744. The number of halogens is 1. The Bertz CT molecular complexity index is 755. The van der Waals surface area contributed by atoms with Crippen molar-refractivity contribution in [1.82, 2.24) is 10.2 Å². The number of carbonyl (C=O) groups is 2. The molecule has 0 heterocycles. The summed E-state index contributed by atoms with van der Waals surface area (Å²) in [4.78, 5) is 26.8. The highest BCUT2D eigenvalue weighted by Crippen LogP contribution is 2.20. The maximum Gasteiger partial charge on any atom is 0.242 e. The number of benzene rings is 2. The molecule has 4 nitrogen and oxygen atoms in total. The zero-order valence-corrected chi connectivity index (χ0v) is 17.2. The fourth-order valence-corrected chi connectivity index (χ4v) is 3.69. The van der Waals surface area contributed by atoms with Crippen molar-refractivity contribution in [3.8, 4) is 0 Å². The van der Waals surface area contributed by atoms with E-state index in [9.17, 15) is 9.59 Å². The van der Waals surface area contributed by atoms with Crippen molar-refractivity contribution in [2.45, 2.75) is 32.2 Å². The van der Waals surface area contributed by atoms with Crippen molar-refractivity contribution in [3.63, 3.8) is 0 Å². The van der Waals surface area contributed by atoms with Gasteiger partial charge in [0.1, 0.15) is 6.04 Å². The number of nitrogens with one attached hydrogen (secondary N) is 1. The molecule has 27 heavy (non-hydrogen) atoms. The number of amides is 2. The van der Waals surface area contributed by atoms with E-state index in [0.717, 1.165) is 11.3 Å². The Hall–Kier alpha value is -1.98. The van der Waals surface area contributed by atoms with Crippen LogP contribution in [0.2, 0.25) is 5.02 Å². The molecular weight excluding hydrogens is 380 g/mol. The van der Waals surface area contributed by atoms with E-state index in [-0.39, 0.29) is 11.8 Å². The smallest absolute Gasteiger partial charge is 0.242 e. The van der Waals surface area contributed by atoms with E-state index >= 15 is 0 Å². The molecule has 0 fully saturated rings. The lowest BCUT2D eigenvalue weighted by atomic mass is 10.1. The minimum Gasteiger partial charge on any atom is -0.355 e. The van der Waals surface area contributed by atoms with Crippen LogP contribution in [0, 0.1) is 0 Å². The summed E-state index contributed by atoms with van der Waals surface area (Å²) in [6.45, 7) is 4.45. The van der Waals surface area contributed by atoms with Crippen molar-refractivity contribution in [1.29, 1.82) is 0 Å². The van der Waals surface area contributed by atoms with Crippen LogP contribution in [0.5, 0.6) is 0 Å². The van der Waals surface area contributed by atoms with Crippen molar-refractivity contribution >= 4 is 35.2 Å². The molecule has 2 aromatic carbocycles. The van der Waals surface area contributed by atoms with Crippen LogP contribution >= 0.6 is 23.4 Å². The number of hydrogen-bond donors (Lipinski definition) is 1. The SMILES string of the molecule is CCNC(=O)[C@H](C)N(Cc1ccccc1Cl)C(=O)CSCc1ccccc1. The molecule has 0 aromatic heterocycles. The second kappa shape index (κ2) is 11.0. The number of hydrogen-bond acceptors (Lipinski definition) is 3. The molecule has 1 N–H and O–H groups in total. The van der Waals surface area contributed by atoms with Crippen LogP contribution in [0.1, 0.15) is 25.0 Å². The summed E-state index contributed by atoms with van der Waals surface area (Å²) in [7, 11) is 0. The first kappa shape index (κ1) is 21.3. The maximum atomic E-state index is 12.9. The Labute approximate surface area is 170 Å². The first-order chi connectivity index (χ1) is 13.0. The molecule has 0 bridgehead atoms. The lowest BCUT2D eigenvalue weighted by Gasteiger charge is -2.29. The van der Waals surface area contributed by atoms with E-state index < -0.39 is 6.04 Å². The number of likely N-dealkylation sites (N-methyl/N-ethyl adjacent to an activating group) is 1. The molecule has 0 radical (unpaired) electrons. The van der Waals surface area contributed by atoms with Crippen LogP contribution in [-0.2, 0) is 21.9 Å². The van der Waals surface area contributed by atoms with Crippen LogP contribution < -0.4 is 5.32 Å². The lowest BCUT2D eigenvalue weighted by Crippen LogP contribution is -2.48. The van der Waals surface area contributed by atoms with Gasteiger partial charge in [-0.25, -0.2) is 0 Å². The van der Waals surface area contributed by atoms with Gasteiger partial charge in [0.25, 0.3) is 0 Å². The van der Waals surface area contributed by atoms with Crippen LogP contribution in [0.25, 0.3) is 0 Å². The Morgan fingerprint density at radius 2 is 1.78 bits per heavy atom. The fourth-order valence-electron chi connectivity index (χ4n) is 2.63. The molecule has 1 atom stereocenters. The van der Waals surface area contributed by atoms with Gasteiger partial charge < -0.3 is 10.2 Å². The number of thioether (sulfide) groups is 1. The predicted octanol–water partition coefficient (Wildman–Crippen LogP) is 4.13. The fraction of sp³-hybridized carbons (Fsp3) is 0.333. The molecule has 2 amide bonds. The van der Waals surface area contributed by atoms with Gasteiger partial charge >= 0.3 is 0 Å². The average molecular weight is 405 g/mol. The molecular formula is C21H25ClN2O2S. The van der Waals surface area contributed by atoms with E-state index in [0.29, 0.717) is 23.9 Å². The highest BCUT2D eigenvalue weighted by atomic mass is 35.5. The van der Waals surface area contributed by atoms with Gasteiger partial charge in [-0.3, -0.25) is 9.59 Å². The molecule has 0 aliphatic carbocycles. The number of carbonyl (C=O) groups excluding carboxylic acids is 2. The lowest BCUT2D eigenvalue weighted by molar-refractivity contribution is -0.138. The summed E-state index contributed by atoms with van der Waals surface area (Å²) in [6.07, 6.45) is 0. The van der Waals surface area contributed by atoms with Gasteiger partial charge in [-0.05, 0) is 31.0 Å². The molecule has 0 aliphatic rings. The van der Waals surface area contributed by atoms with Crippen LogP contribution in [-0.4, -0.2) is 35.1 Å². The third-order valence-electron chi connectivity index (χ3n) is 4.15. The third-order valence-corrected chi connectivity index (χ3v) is 5.51. The van der Waals surface area contributed by atoms with E-state index in [1.807, 2.05) is 55.5 Å². The first-order valence-electron chi connectivity index (χ1n) is 8.95. The summed E-state index contributed by atoms with van der Waals surface area (Å²) in [6, 6.07) is 16.9. The first-order valence-corrected chi connectivity index (χ1v) is 10.5. The minimum atomic E-state index is -0.564. The van der Waals surface area contributed by atoms with Gasteiger partial charge in [0.15, 0.2) is 0 Å². The highest BCUT2D eigenvalue weighted by Gasteiger charge is 2.26. The summed E-state index contributed by atoms with van der Waals surface area (Å²) >= 11 is 7.80. The van der Waals surface area contributed by atoms with Crippen molar-refractivity contribution in [3.05, 3.63) is 70.7 Å². The molecule has 0 spiro atoms. The Morgan fingerprint density at radius 3 is 2.44 bits per heavy atom. The molecule has 0 aliphatic heterocycles. The number of nitrogens with zero attached hydrogens (tertiary/aromatic N) is 1. The van der Waals surface area contributed by atoms with Crippen molar-refractivity contribution in [2.24, 2.45) is 0 Å². The zero-order chi connectivity index (χ0) is 19.6. The topological polar surface area (TPSA) is 49.4 Å². The van der Waals surface area contributed by atoms with Crippen molar-refractivity contribution in [2.75, 3.05) is 12.3 Å². The second-order valence-corrected chi connectivity index (χ2v) is 7.55. The largest absolute Gasteiger partial charge is 0.355 e. The second-order valence-electron chi connectivity index (χ2n) is 6.16. The zero-order valence-electron chi connectivity index (χ0n) is 15.7. The van der Waals surface area contributed by atoms with Crippen LogP contribution in [0.15, 0.2) is 54.6 Å². The molecule has 0 saturated heterocycles. The Balaban J connectivity index is 2.06. The average Bonchev–Trinajstić information content (AvgIpc) is 2.67. The maximum absolute atomic E-state index is 12.9. The third kappa shape index (κ3) is 6.60. The van der Waals surface area contributed by atoms with Crippen LogP contribution in [0.4, 0.5) is 0 Å². The molecule has 6 heteroatoms. The van der Waals surface area contributed by atoms with E-state index in [2.05, 4.69) is 5.32 Å². The molecule has 144 valence electrons. The standard InChI is InChI=1S/C21H25ClN2O2S/c1-3-23-21(26)16(2)24(13-18-11-7-8-12-19(18)22)20(25)15-27-14-17-9-5-4-6-10-17/h4-12,16H,3,13-15H2,1-2H3,(H,23,26)/t16-/m0/s1. The van der Waals surface area contributed by atoms with Crippen molar-refractivity contribution < 1.29 is 9.59 Å². The Morgan fingerprint density at radius 1 is 1.11 bits per heavy atom. The predicted molar refractivity (Wildman–Crippen MR) is 113 cm³/mol. The normalized spacial score (nSPS) is 11.7. The van der Waals surface area contributed by atoms with Gasteiger partial charge in [-0.1, -0.05) is 60.1 Å². The monoisotopic (exact) mass is 404 g/mol. The van der Waals surface area contributed by atoms with E-state index in [1.165, 1.54) is 5.56 Å². The number of rotatable bonds is 9. The van der Waals surface area contributed by atoms with Gasteiger partial charge in [0, 0.05) is 23.9 Å². The van der Waals surface area contributed by atoms with Gasteiger partial charge in [0.05, 0.1) is 5.75 Å². The van der Waals surface area contributed by atoms with E-state index in [4.69, 9.17) is 11.6 Å². The quantitative estimate of drug-likeness (QED) is 0.683. The molecule has 2 aromatic rings. The van der Waals surface area contributed by atoms with Crippen LogP contribution in [0.3, 0.4) is 0 Å². The van der Waals surface area contributed by atoms with Gasteiger partial charge in [-0.2, -0.15) is 0 Å². The summed E-state index contributed by atoms with van der Waals surface area (Å²) in [5, 5.41) is 3.38. The van der Waals surface area contributed by atoms with Gasteiger partial charge in [0.2, 0.25) is 11.8 Å². The summed E-state index contributed by atoms with van der Waals surface area (Å²) < 4.78 is 0. The van der Waals surface area contributed by atoms with E-state index in [1.54, 1.807) is 29.7 Å². The Kier molecular flexibility index (Phi) is 8.69. The highest BCUT2D eigenvalue weighted by molar-refractivity contribution is 7.99. The molecule has 0 saturated carbocycles. The summed E-state index contributed by atoms with van der Waals surface area (Å²) in [5.41, 5.74) is 2.00. The molecule has 2 rings (SSSR count). The van der Waals surface area contributed by atoms with Gasteiger partial charge in [-0.15, -0.1) is 11.8 Å².